The van der Waals surface area contributed by atoms with Gasteiger partial charge in [-0.2, -0.15) is 0 Å². The molecule has 0 aliphatic carbocycles. The number of aliphatic hydroxyl groups is 4. The zero-order chi connectivity index (χ0) is 19.5. The molecule has 0 aromatic heterocycles. The molecule has 1 heterocycles. The lowest BCUT2D eigenvalue weighted by Gasteiger charge is -2.22. The first-order chi connectivity index (χ1) is 12.4. The van der Waals surface area contributed by atoms with E-state index < -0.39 is 55.5 Å². The molecule has 0 radical (unpaired) electrons. The van der Waals surface area contributed by atoms with Crippen LogP contribution in [0.15, 0.2) is 0 Å². The normalized spacial score (nSPS) is 23.7. The van der Waals surface area contributed by atoms with Gasteiger partial charge in [-0.15, -0.1) is 0 Å². The SMILES string of the molecule is CCCCOCC(O)CCC(CO)OOC1C(=O)C(=O)O[C@@H]1[C@@H](O)CO. The zero-order valence-electron chi connectivity index (χ0n) is 14.8. The summed E-state index contributed by atoms with van der Waals surface area (Å²) in [6.45, 7) is 1.56. The van der Waals surface area contributed by atoms with Crippen LogP contribution in [0, 0.1) is 0 Å². The zero-order valence-corrected chi connectivity index (χ0v) is 14.8. The molecule has 5 atom stereocenters. The van der Waals surface area contributed by atoms with Crippen molar-refractivity contribution in [1.82, 2.24) is 0 Å². The van der Waals surface area contributed by atoms with Gasteiger partial charge < -0.3 is 29.9 Å². The van der Waals surface area contributed by atoms with Crippen molar-refractivity contribution in [2.45, 2.75) is 63.1 Å². The molecule has 26 heavy (non-hydrogen) atoms. The summed E-state index contributed by atoms with van der Waals surface area (Å²) in [7, 11) is 0. The smallest absolute Gasteiger partial charge is 0.378 e. The molecular weight excluding hydrogens is 352 g/mol. The number of carbonyl (C=O) groups excluding carboxylic acids is 2. The molecule has 0 amide bonds. The summed E-state index contributed by atoms with van der Waals surface area (Å²) in [4.78, 5) is 32.8. The first kappa shape index (κ1) is 22.9. The molecular formula is C16H28O10. The van der Waals surface area contributed by atoms with E-state index in [2.05, 4.69) is 4.74 Å². The lowest BCUT2D eigenvalue weighted by Crippen LogP contribution is -2.41. The Bertz CT molecular complexity index is 429. The summed E-state index contributed by atoms with van der Waals surface area (Å²) in [5.74, 6) is -2.25. The lowest BCUT2D eigenvalue weighted by atomic mass is 10.1. The summed E-state index contributed by atoms with van der Waals surface area (Å²) in [5, 5.41) is 37.6. The van der Waals surface area contributed by atoms with E-state index >= 15 is 0 Å². The molecule has 4 N–H and O–H groups in total. The first-order valence-corrected chi connectivity index (χ1v) is 8.67. The van der Waals surface area contributed by atoms with Crippen molar-refractivity contribution in [3.05, 3.63) is 0 Å². The van der Waals surface area contributed by atoms with Gasteiger partial charge in [0.1, 0.15) is 12.2 Å². The molecule has 10 heteroatoms. The van der Waals surface area contributed by atoms with Gasteiger partial charge >= 0.3 is 5.97 Å². The Morgan fingerprint density at radius 3 is 2.50 bits per heavy atom. The molecule has 0 bridgehead atoms. The highest BCUT2D eigenvalue weighted by Gasteiger charge is 2.49. The summed E-state index contributed by atoms with van der Waals surface area (Å²) in [6, 6.07) is 0. The highest BCUT2D eigenvalue weighted by molar-refractivity contribution is 6.37. The number of ether oxygens (including phenoxy) is 2. The fourth-order valence-corrected chi connectivity index (χ4v) is 2.23. The van der Waals surface area contributed by atoms with Crippen LogP contribution in [0.4, 0.5) is 0 Å². The Morgan fingerprint density at radius 2 is 1.88 bits per heavy atom. The Balaban J connectivity index is 2.40. The van der Waals surface area contributed by atoms with E-state index in [1.807, 2.05) is 6.92 Å². The predicted octanol–water partition coefficient (Wildman–Crippen LogP) is -1.53. The van der Waals surface area contributed by atoms with Crippen LogP contribution in [0.1, 0.15) is 32.6 Å². The van der Waals surface area contributed by atoms with Gasteiger partial charge in [0.25, 0.3) is 5.78 Å². The number of aliphatic hydroxyl groups excluding tert-OH is 4. The van der Waals surface area contributed by atoms with Crippen molar-refractivity contribution in [3.8, 4) is 0 Å². The Hall–Kier alpha value is -1.14. The maximum atomic E-state index is 11.7. The summed E-state index contributed by atoms with van der Waals surface area (Å²) in [6.07, 6.45) is -3.69. The number of cyclic esters (lactones) is 1. The average Bonchev–Trinajstić information content (AvgIpc) is 2.93. The molecule has 1 saturated heterocycles. The standard InChI is InChI=1S/C16H28O10/c1-2-3-6-23-9-10(19)4-5-11(7-17)25-26-15-13(21)16(22)24-14(15)12(20)8-18/h10-12,14-15,17-20H,2-9H2,1H3/t10?,11?,12-,14+,15?/m0/s1. The van der Waals surface area contributed by atoms with Crippen molar-refractivity contribution in [2.75, 3.05) is 26.4 Å². The topological polar surface area (TPSA) is 152 Å². The van der Waals surface area contributed by atoms with Crippen molar-refractivity contribution >= 4 is 11.8 Å². The minimum Gasteiger partial charge on any atom is -0.450 e. The molecule has 10 nitrogen and oxygen atoms in total. The van der Waals surface area contributed by atoms with Gasteiger partial charge in [-0.25, -0.2) is 14.6 Å². The second-order valence-corrected chi connectivity index (χ2v) is 6.06. The van der Waals surface area contributed by atoms with Crippen LogP contribution < -0.4 is 0 Å². The first-order valence-electron chi connectivity index (χ1n) is 8.67. The highest BCUT2D eigenvalue weighted by Crippen LogP contribution is 2.20. The number of ketones is 1. The van der Waals surface area contributed by atoms with Gasteiger partial charge in [0.05, 0.1) is 25.9 Å². The van der Waals surface area contributed by atoms with Gasteiger partial charge in [0, 0.05) is 6.61 Å². The molecule has 0 spiro atoms. The van der Waals surface area contributed by atoms with Crippen LogP contribution in [-0.2, 0) is 28.8 Å². The van der Waals surface area contributed by atoms with Gasteiger partial charge in [-0.1, -0.05) is 13.3 Å². The molecule has 152 valence electrons. The molecule has 3 unspecified atom stereocenters. The molecule has 1 rings (SSSR count). The highest BCUT2D eigenvalue weighted by atomic mass is 17.2. The second kappa shape index (κ2) is 12.3. The molecule has 0 aromatic rings. The number of rotatable bonds is 14. The largest absolute Gasteiger partial charge is 0.450 e. The summed E-state index contributed by atoms with van der Waals surface area (Å²) < 4.78 is 9.93. The maximum absolute atomic E-state index is 11.7. The van der Waals surface area contributed by atoms with Crippen LogP contribution in [0.5, 0.6) is 0 Å². The van der Waals surface area contributed by atoms with E-state index in [0.29, 0.717) is 6.61 Å². The molecule has 0 saturated carbocycles. The number of Topliss-reactive ketones (excluding diaryl/α,β-unsaturated/α-hetero) is 1. The fraction of sp³-hybridized carbons (Fsp3) is 0.875. The molecule has 1 aliphatic heterocycles. The van der Waals surface area contributed by atoms with Crippen LogP contribution in [0.3, 0.4) is 0 Å². The van der Waals surface area contributed by atoms with Gasteiger partial charge in [0.15, 0.2) is 6.10 Å². The average molecular weight is 380 g/mol. The van der Waals surface area contributed by atoms with Gasteiger partial charge in [-0.3, -0.25) is 4.79 Å². The van der Waals surface area contributed by atoms with Gasteiger partial charge in [0.2, 0.25) is 6.10 Å². The second-order valence-electron chi connectivity index (χ2n) is 6.06. The molecule has 1 aliphatic rings. The molecule has 1 fully saturated rings. The number of esters is 1. The monoisotopic (exact) mass is 380 g/mol. The van der Waals surface area contributed by atoms with E-state index in [9.17, 15) is 24.9 Å². The third-order valence-corrected chi connectivity index (χ3v) is 3.84. The number of hydrogen-bond acceptors (Lipinski definition) is 10. The number of hydrogen-bond donors (Lipinski definition) is 4. The van der Waals surface area contributed by atoms with Crippen molar-refractivity contribution in [2.24, 2.45) is 0 Å². The van der Waals surface area contributed by atoms with Crippen LogP contribution in [0.25, 0.3) is 0 Å². The molecule has 0 aromatic carbocycles. The maximum Gasteiger partial charge on any atom is 0.378 e. The van der Waals surface area contributed by atoms with Crippen molar-refractivity contribution in [1.29, 1.82) is 0 Å². The third-order valence-electron chi connectivity index (χ3n) is 3.84. The van der Waals surface area contributed by atoms with E-state index in [1.165, 1.54) is 0 Å². The van der Waals surface area contributed by atoms with Crippen LogP contribution in [0.2, 0.25) is 0 Å². The van der Waals surface area contributed by atoms with E-state index in [0.717, 1.165) is 12.8 Å². The Kier molecular flexibility index (Phi) is 10.8. The third kappa shape index (κ3) is 7.23. The quantitative estimate of drug-likeness (QED) is 0.0918. The van der Waals surface area contributed by atoms with Gasteiger partial charge in [-0.05, 0) is 19.3 Å². The van der Waals surface area contributed by atoms with Crippen molar-refractivity contribution in [3.63, 3.8) is 0 Å². The van der Waals surface area contributed by atoms with E-state index in [-0.39, 0.29) is 19.4 Å². The van der Waals surface area contributed by atoms with E-state index in [4.69, 9.17) is 19.6 Å². The Morgan fingerprint density at radius 1 is 1.15 bits per heavy atom. The Labute approximate surface area is 151 Å². The van der Waals surface area contributed by atoms with Crippen LogP contribution in [-0.4, -0.2) is 89.1 Å². The van der Waals surface area contributed by atoms with Crippen molar-refractivity contribution < 1.29 is 49.3 Å². The number of carbonyl (C=O) groups is 2. The summed E-state index contributed by atoms with van der Waals surface area (Å²) >= 11 is 0. The minimum absolute atomic E-state index is 0.160. The van der Waals surface area contributed by atoms with E-state index in [1.54, 1.807) is 0 Å². The minimum atomic E-state index is -1.54. The predicted molar refractivity (Wildman–Crippen MR) is 85.8 cm³/mol. The fourth-order valence-electron chi connectivity index (χ4n) is 2.23. The lowest BCUT2D eigenvalue weighted by molar-refractivity contribution is -0.357. The summed E-state index contributed by atoms with van der Waals surface area (Å²) in [5.41, 5.74) is 0. The van der Waals surface area contributed by atoms with Crippen LogP contribution >= 0.6 is 0 Å². The number of unbranched alkanes of at least 4 members (excludes halogenated alkanes) is 1.